The predicted octanol–water partition coefficient (Wildman–Crippen LogP) is 2.96. The van der Waals surface area contributed by atoms with Crippen molar-refractivity contribution in [3.05, 3.63) is 36.1 Å². The van der Waals surface area contributed by atoms with Gasteiger partial charge in [0, 0.05) is 11.4 Å². The molecule has 0 atom stereocenters. The number of Topliss-reactive ketones (excluding diaryl/α,β-unsaturated/α-hetero) is 1. The normalized spacial score (nSPS) is 11.6. The molecule has 2 aromatic rings. The van der Waals surface area contributed by atoms with Crippen LogP contribution in [-0.2, 0) is 0 Å². The molecule has 1 aromatic carbocycles. The number of carbonyl (C=O) groups excluding carboxylic acids is 1. The minimum Gasteiger partial charge on any atom is -0.453 e. The molecule has 0 aliphatic heterocycles. The summed E-state index contributed by atoms with van der Waals surface area (Å²) in [4.78, 5) is 14.0. The smallest absolute Gasteiger partial charge is 0.211 e. The maximum atomic E-state index is 12.0. The van der Waals surface area contributed by atoms with E-state index in [9.17, 15) is 4.79 Å². The lowest BCUT2D eigenvalue weighted by Crippen LogP contribution is -2.31. The van der Waals surface area contributed by atoms with Gasteiger partial charge in [-0.05, 0) is 33.0 Å². The Morgan fingerprint density at radius 3 is 2.71 bits per heavy atom. The summed E-state index contributed by atoms with van der Waals surface area (Å²) in [5, 5.41) is 0.975. The van der Waals surface area contributed by atoms with E-state index in [4.69, 9.17) is 4.42 Å². The number of fused-ring (bicyclic) bond motifs is 1. The van der Waals surface area contributed by atoms with Crippen LogP contribution >= 0.6 is 0 Å². The Labute approximate surface area is 101 Å². The number of nitrogens with zero attached hydrogens (tertiary/aromatic N) is 1. The maximum absolute atomic E-state index is 12.0. The molecule has 0 amide bonds. The number of hydrogen-bond acceptors (Lipinski definition) is 3. The molecule has 2 rings (SSSR count). The molecule has 0 saturated carbocycles. The van der Waals surface area contributed by atoms with Crippen molar-refractivity contribution in [2.45, 2.75) is 19.9 Å². The first-order valence-corrected chi connectivity index (χ1v) is 5.80. The predicted molar refractivity (Wildman–Crippen MR) is 68.3 cm³/mol. The van der Waals surface area contributed by atoms with Gasteiger partial charge in [-0.15, -0.1) is 0 Å². The van der Waals surface area contributed by atoms with E-state index in [1.165, 1.54) is 0 Å². The number of para-hydroxylation sites is 1. The van der Waals surface area contributed by atoms with Gasteiger partial charge in [0.1, 0.15) is 5.58 Å². The fraction of sp³-hybridized carbons (Fsp3) is 0.357. The van der Waals surface area contributed by atoms with E-state index in [1.54, 1.807) is 0 Å². The molecular weight excluding hydrogens is 214 g/mol. The van der Waals surface area contributed by atoms with Crippen LogP contribution in [0, 0.1) is 0 Å². The number of furan rings is 1. The zero-order valence-electron chi connectivity index (χ0n) is 10.4. The van der Waals surface area contributed by atoms with E-state index in [-0.39, 0.29) is 5.78 Å². The first-order chi connectivity index (χ1) is 8.08. The van der Waals surface area contributed by atoms with Crippen LogP contribution in [0.3, 0.4) is 0 Å². The maximum Gasteiger partial charge on any atom is 0.211 e. The van der Waals surface area contributed by atoms with E-state index in [0.717, 1.165) is 11.0 Å². The number of ketones is 1. The van der Waals surface area contributed by atoms with E-state index < -0.39 is 0 Å². The molecule has 0 radical (unpaired) electrons. The SMILES string of the molecule is CC(C)N(C)CC(=O)c1cc2ccccc2o1. The summed E-state index contributed by atoms with van der Waals surface area (Å²) in [6.07, 6.45) is 0. The summed E-state index contributed by atoms with van der Waals surface area (Å²) in [6, 6.07) is 9.82. The van der Waals surface area contributed by atoms with Gasteiger partial charge in [-0.2, -0.15) is 0 Å². The van der Waals surface area contributed by atoms with Crippen LogP contribution in [0.1, 0.15) is 24.4 Å². The van der Waals surface area contributed by atoms with E-state index in [1.807, 2.05) is 42.3 Å². The topological polar surface area (TPSA) is 33.5 Å². The molecule has 0 fully saturated rings. The monoisotopic (exact) mass is 231 g/mol. The van der Waals surface area contributed by atoms with Gasteiger partial charge in [0.15, 0.2) is 5.76 Å². The average molecular weight is 231 g/mol. The molecule has 1 heterocycles. The largest absolute Gasteiger partial charge is 0.453 e. The molecule has 0 unspecified atom stereocenters. The second-order valence-electron chi connectivity index (χ2n) is 4.58. The first-order valence-electron chi connectivity index (χ1n) is 5.80. The highest BCUT2D eigenvalue weighted by atomic mass is 16.3. The summed E-state index contributed by atoms with van der Waals surface area (Å²) in [5.41, 5.74) is 0.767. The van der Waals surface area contributed by atoms with Crippen molar-refractivity contribution in [2.75, 3.05) is 13.6 Å². The Balaban J connectivity index is 2.19. The zero-order valence-corrected chi connectivity index (χ0v) is 10.4. The molecule has 17 heavy (non-hydrogen) atoms. The van der Waals surface area contributed by atoms with Crippen molar-refractivity contribution in [3.63, 3.8) is 0 Å². The number of rotatable bonds is 4. The number of hydrogen-bond donors (Lipinski definition) is 0. The van der Waals surface area contributed by atoms with Crippen molar-refractivity contribution in [2.24, 2.45) is 0 Å². The second kappa shape index (κ2) is 4.72. The molecule has 0 aliphatic rings. The molecule has 90 valence electrons. The fourth-order valence-electron chi connectivity index (χ4n) is 1.61. The molecule has 0 saturated heterocycles. The van der Waals surface area contributed by atoms with E-state index in [2.05, 4.69) is 13.8 Å². The van der Waals surface area contributed by atoms with Crippen molar-refractivity contribution in [3.8, 4) is 0 Å². The Morgan fingerprint density at radius 1 is 1.35 bits per heavy atom. The third-order valence-electron chi connectivity index (χ3n) is 2.97. The fourth-order valence-corrected chi connectivity index (χ4v) is 1.61. The van der Waals surface area contributed by atoms with Gasteiger partial charge in [-0.3, -0.25) is 9.69 Å². The first kappa shape index (κ1) is 11.9. The van der Waals surface area contributed by atoms with Gasteiger partial charge in [0.25, 0.3) is 0 Å². The summed E-state index contributed by atoms with van der Waals surface area (Å²) >= 11 is 0. The van der Waals surface area contributed by atoms with Crippen LogP contribution < -0.4 is 0 Å². The molecule has 3 heteroatoms. The highest BCUT2D eigenvalue weighted by Crippen LogP contribution is 2.19. The third-order valence-corrected chi connectivity index (χ3v) is 2.97. The molecule has 0 N–H and O–H groups in total. The third kappa shape index (κ3) is 2.56. The average Bonchev–Trinajstić information content (AvgIpc) is 2.72. The zero-order chi connectivity index (χ0) is 12.4. The number of likely N-dealkylation sites (N-methyl/N-ethyl adjacent to an activating group) is 1. The van der Waals surface area contributed by atoms with Gasteiger partial charge in [-0.1, -0.05) is 18.2 Å². The summed E-state index contributed by atoms with van der Waals surface area (Å²) in [5.74, 6) is 0.469. The highest BCUT2D eigenvalue weighted by molar-refractivity contribution is 5.98. The summed E-state index contributed by atoms with van der Waals surface area (Å²) in [6.45, 7) is 4.51. The lowest BCUT2D eigenvalue weighted by Gasteiger charge is -2.18. The van der Waals surface area contributed by atoms with E-state index in [0.29, 0.717) is 18.3 Å². The molecule has 3 nitrogen and oxygen atoms in total. The van der Waals surface area contributed by atoms with Crippen molar-refractivity contribution in [1.82, 2.24) is 4.90 Å². The highest BCUT2D eigenvalue weighted by Gasteiger charge is 2.15. The quantitative estimate of drug-likeness (QED) is 0.758. The number of benzene rings is 1. The van der Waals surface area contributed by atoms with E-state index >= 15 is 0 Å². The van der Waals surface area contributed by atoms with Gasteiger partial charge in [0.05, 0.1) is 6.54 Å². The Hall–Kier alpha value is -1.61. The molecular formula is C14H17NO2. The molecule has 0 aliphatic carbocycles. The standard InChI is InChI=1S/C14H17NO2/c1-10(2)15(3)9-12(16)14-8-11-6-4-5-7-13(11)17-14/h4-8,10H,9H2,1-3H3. The van der Waals surface area contributed by atoms with Gasteiger partial charge in [-0.25, -0.2) is 0 Å². The van der Waals surface area contributed by atoms with Crippen LogP contribution in [0.15, 0.2) is 34.7 Å². The number of carbonyl (C=O) groups is 1. The van der Waals surface area contributed by atoms with Crippen molar-refractivity contribution >= 4 is 16.8 Å². The second-order valence-corrected chi connectivity index (χ2v) is 4.58. The van der Waals surface area contributed by atoms with Crippen molar-refractivity contribution < 1.29 is 9.21 Å². The van der Waals surface area contributed by atoms with Crippen molar-refractivity contribution in [1.29, 1.82) is 0 Å². The summed E-state index contributed by atoms with van der Waals surface area (Å²) in [7, 11) is 1.94. The van der Waals surface area contributed by atoms with Crippen LogP contribution in [0.5, 0.6) is 0 Å². The van der Waals surface area contributed by atoms with Gasteiger partial charge < -0.3 is 4.42 Å². The summed E-state index contributed by atoms with van der Waals surface area (Å²) < 4.78 is 5.53. The van der Waals surface area contributed by atoms with Crippen LogP contribution in [0.2, 0.25) is 0 Å². The van der Waals surface area contributed by atoms with Crippen LogP contribution in [-0.4, -0.2) is 30.3 Å². The minimum atomic E-state index is 0.0254. The Kier molecular flexibility index (Phi) is 3.29. The Morgan fingerprint density at radius 2 is 2.06 bits per heavy atom. The molecule has 0 bridgehead atoms. The lowest BCUT2D eigenvalue weighted by molar-refractivity contribution is 0.0904. The van der Waals surface area contributed by atoms with Crippen LogP contribution in [0.4, 0.5) is 0 Å². The Bertz CT molecular complexity index is 495. The lowest BCUT2D eigenvalue weighted by atomic mass is 10.2. The van der Waals surface area contributed by atoms with Crippen LogP contribution in [0.25, 0.3) is 11.0 Å². The molecule has 1 aromatic heterocycles. The van der Waals surface area contributed by atoms with Gasteiger partial charge >= 0.3 is 0 Å². The van der Waals surface area contributed by atoms with Gasteiger partial charge in [0.2, 0.25) is 5.78 Å². The minimum absolute atomic E-state index is 0.0254. The molecule has 0 spiro atoms.